The van der Waals surface area contributed by atoms with E-state index in [4.69, 9.17) is 19.4 Å². The summed E-state index contributed by atoms with van der Waals surface area (Å²) in [6, 6.07) is 20.7. The van der Waals surface area contributed by atoms with E-state index in [0.29, 0.717) is 0 Å². The van der Waals surface area contributed by atoms with Crippen molar-refractivity contribution in [3.63, 3.8) is 0 Å². The number of allylic oxidation sites excluding steroid dienone is 7. The summed E-state index contributed by atoms with van der Waals surface area (Å²) in [5.74, 6) is 1.29. The number of anilines is 1. The van der Waals surface area contributed by atoms with Gasteiger partial charge >= 0.3 is 63.0 Å². The normalized spacial score (nSPS) is 18.2. The Balaban J connectivity index is 0.000000533. The molecule has 46 heavy (non-hydrogen) atoms. The van der Waals surface area contributed by atoms with Crippen LogP contribution in [-0.4, -0.2) is 17.3 Å². The minimum absolute atomic E-state index is 0.245. The van der Waals surface area contributed by atoms with Gasteiger partial charge in [0, 0.05) is 17.8 Å². The number of aryl methyl sites for hydroxylation is 6. The maximum absolute atomic E-state index is 5.53. The van der Waals surface area contributed by atoms with Crippen LogP contribution in [0.5, 0.6) is 0 Å². The third-order valence-corrected chi connectivity index (χ3v) is 12.8. The van der Waals surface area contributed by atoms with Crippen LogP contribution in [0.25, 0.3) is 0 Å². The Morgan fingerprint density at radius 2 is 1.50 bits per heavy atom. The van der Waals surface area contributed by atoms with Crippen molar-refractivity contribution in [1.29, 1.82) is 0 Å². The Morgan fingerprint density at radius 1 is 0.913 bits per heavy atom. The summed E-state index contributed by atoms with van der Waals surface area (Å²) in [4.78, 5) is 2.66. The number of hydrogen-bond donors (Lipinski definition) is 1. The van der Waals surface area contributed by atoms with Crippen LogP contribution in [0.3, 0.4) is 0 Å². The average Bonchev–Trinajstić information content (AvgIpc) is 3.40. The van der Waals surface area contributed by atoms with Crippen LogP contribution in [-0.2, 0) is 13.5 Å². The van der Waals surface area contributed by atoms with Crippen molar-refractivity contribution in [3.8, 4) is 0 Å². The quantitative estimate of drug-likeness (QED) is 0.199. The molecular formula is C40H49Cl2N2PRu. The maximum atomic E-state index is 5.53. The zero-order valence-corrected chi connectivity index (χ0v) is 32.9. The Hall–Kier alpha value is -2.28. The van der Waals surface area contributed by atoms with Gasteiger partial charge in [-0.15, -0.1) is 0 Å². The van der Waals surface area contributed by atoms with Gasteiger partial charge < -0.3 is 10.2 Å². The van der Waals surface area contributed by atoms with Crippen molar-refractivity contribution < 1.29 is 13.5 Å². The van der Waals surface area contributed by atoms with Crippen LogP contribution in [0.1, 0.15) is 72.2 Å². The summed E-state index contributed by atoms with van der Waals surface area (Å²) in [5.41, 5.74) is 13.6. The minimum Gasteiger partial charge on any atom is -0.369 e. The van der Waals surface area contributed by atoms with Gasteiger partial charge in [-0.1, -0.05) is 90.9 Å². The molecule has 2 atom stereocenters. The van der Waals surface area contributed by atoms with Gasteiger partial charge in [-0.2, -0.15) is 0 Å². The first-order valence-corrected chi connectivity index (χ1v) is 23.0. The molecule has 1 saturated heterocycles. The van der Waals surface area contributed by atoms with Gasteiger partial charge in [0.2, 0.25) is 0 Å². The van der Waals surface area contributed by atoms with Gasteiger partial charge in [-0.3, -0.25) is 0 Å². The molecule has 0 saturated carbocycles. The molecule has 1 N–H and O–H groups in total. The third-order valence-electron chi connectivity index (χ3n) is 8.43. The number of rotatable bonds is 6. The Kier molecular flexibility index (Phi) is 13.3. The maximum Gasteiger partial charge on any atom is 0.111 e. The number of halogens is 2. The first-order valence-electron chi connectivity index (χ1n) is 16.0. The van der Waals surface area contributed by atoms with Crippen molar-refractivity contribution in [2.45, 2.75) is 74.8 Å². The molecule has 246 valence electrons. The zero-order valence-electron chi connectivity index (χ0n) is 28.8. The smallest absolute Gasteiger partial charge is 0.111 e. The van der Waals surface area contributed by atoms with E-state index in [1.807, 2.05) is 24.5 Å². The molecule has 1 aliphatic heterocycles. The molecule has 6 heteroatoms. The fraction of sp³-hybridized carbons (Fsp3) is 0.325. The molecule has 2 nitrogen and oxygen atoms in total. The van der Waals surface area contributed by atoms with Crippen LogP contribution in [0, 0.1) is 41.5 Å². The first-order chi connectivity index (χ1) is 21.9. The molecule has 0 bridgehead atoms. The molecule has 0 spiro atoms. The fourth-order valence-corrected chi connectivity index (χ4v) is 10.5. The van der Waals surface area contributed by atoms with E-state index < -0.39 is 21.4 Å². The van der Waals surface area contributed by atoms with Gasteiger partial charge in [0.15, 0.2) is 0 Å². The second-order valence-electron chi connectivity index (χ2n) is 12.5. The SMILES string of the molecule is CC(C)=C[CH]=[Ru]([Cl])[Cl].CCP(C1=CC=CCC1=C1NCC(c2c(C)cc(C)cc2C)N1c1c(C)cc(C)cc1C)c1ccccc1. The Labute approximate surface area is 292 Å². The van der Waals surface area contributed by atoms with Crippen LogP contribution in [0.15, 0.2) is 101 Å². The summed E-state index contributed by atoms with van der Waals surface area (Å²) in [7, 11) is 10.6. The average molecular weight is 761 g/mol. The number of hydrogen-bond acceptors (Lipinski definition) is 2. The molecule has 1 fully saturated rings. The monoisotopic (exact) mass is 760 g/mol. The molecule has 0 radical (unpaired) electrons. The molecular weight excluding hydrogens is 711 g/mol. The number of benzene rings is 3. The van der Waals surface area contributed by atoms with Crippen molar-refractivity contribution in [2.24, 2.45) is 0 Å². The predicted molar refractivity (Wildman–Crippen MR) is 204 cm³/mol. The van der Waals surface area contributed by atoms with Crippen molar-refractivity contribution in [1.82, 2.24) is 5.32 Å². The van der Waals surface area contributed by atoms with Crippen LogP contribution in [0.4, 0.5) is 5.69 Å². The van der Waals surface area contributed by atoms with E-state index in [0.717, 1.165) is 19.1 Å². The molecule has 5 rings (SSSR count). The van der Waals surface area contributed by atoms with E-state index in [9.17, 15) is 0 Å². The second kappa shape index (κ2) is 16.7. The van der Waals surface area contributed by atoms with Crippen molar-refractivity contribution in [3.05, 3.63) is 140 Å². The van der Waals surface area contributed by atoms with Gasteiger partial charge in [-0.25, -0.2) is 0 Å². The largest absolute Gasteiger partial charge is 0.369 e. The summed E-state index contributed by atoms with van der Waals surface area (Å²) in [6.07, 6.45) is 11.0. The van der Waals surface area contributed by atoms with Crippen LogP contribution >= 0.6 is 27.3 Å². The first kappa shape index (κ1) is 36.6. The molecule has 3 aromatic rings. The summed E-state index contributed by atoms with van der Waals surface area (Å²) in [6.45, 7) is 20.8. The van der Waals surface area contributed by atoms with Crippen molar-refractivity contribution in [2.75, 3.05) is 17.6 Å². The summed E-state index contributed by atoms with van der Waals surface area (Å²) in [5, 5.41) is 6.92. The van der Waals surface area contributed by atoms with Gasteiger partial charge in [0.05, 0.1) is 6.04 Å². The second-order valence-corrected chi connectivity index (χ2v) is 20.8. The zero-order chi connectivity index (χ0) is 33.5. The van der Waals surface area contributed by atoms with Crippen LogP contribution < -0.4 is 15.5 Å². The van der Waals surface area contributed by atoms with Crippen molar-refractivity contribution >= 4 is 42.9 Å². The molecule has 0 amide bonds. The Morgan fingerprint density at radius 3 is 2.02 bits per heavy atom. The molecule has 3 aromatic carbocycles. The van der Waals surface area contributed by atoms with E-state index in [2.05, 4.69) is 132 Å². The summed E-state index contributed by atoms with van der Waals surface area (Å²) >= 11 is -1.52. The fourth-order valence-electron chi connectivity index (χ4n) is 6.83. The van der Waals surface area contributed by atoms with E-state index in [1.165, 1.54) is 72.2 Å². The number of nitrogens with one attached hydrogen (secondary N) is 1. The van der Waals surface area contributed by atoms with Crippen LogP contribution in [0.2, 0.25) is 0 Å². The standard InChI is InChI=1S/C35H41N2P.C5H8.2ClH.Ru/c1-8-38(29-14-10-9-11-15-29)32-17-13-12-16-30(32)35-36-22-31(33-25(4)18-23(2)19-26(33)5)37(35)34-27(6)20-24(3)21-28(34)7;1-4-5(2)3;;;/h9-15,17-21,31,36H,8,16,22H2,1-7H3;1,4H,2-3H3;2*1H;/q;;;;+2/p-2. The van der Waals surface area contributed by atoms with Gasteiger partial charge in [-0.05, 0) is 100 Å². The van der Waals surface area contributed by atoms with Gasteiger partial charge in [0.1, 0.15) is 5.82 Å². The minimum atomic E-state index is -1.52. The Bertz CT molecular complexity index is 1650. The van der Waals surface area contributed by atoms with Gasteiger partial charge in [0.25, 0.3) is 0 Å². The molecule has 2 unspecified atom stereocenters. The molecule has 2 aliphatic rings. The topological polar surface area (TPSA) is 15.3 Å². The van der Waals surface area contributed by atoms with E-state index in [-0.39, 0.29) is 6.04 Å². The third kappa shape index (κ3) is 8.79. The molecule has 1 heterocycles. The van der Waals surface area contributed by atoms with E-state index in [1.54, 1.807) is 0 Å². The molecule has 0 aromatic heterocycles. The summed E-state index contributed by atoms with van der Waals surface area (Å²) < 4.78 is 1.88. The number of nitrogens with zero attached hydrogens (tertiary/aromatic N) is 1. The molecule has 1 aliphatic carbocycles. The van der Waals surface area contributed by atoms with E-state index >= 15 is 0 Å². The predicted octanol–water partition coefficient (Wildman–Crippen LogP) is 11.3.